The quantitative estimate of drug-likeness (QED) is 0.521. The Morgan fingerprint density at radius 2 is 2.00 bits per heavy atom. The summed E-state index contributed by atoms with van der Waals surface area (Å²) in [4.78, 5) is 0. The van der Waals surface area contributed by atoms with Crippen LogP contribution in [0, 0.1) is 0 Å². The summed E-state index contributed by atoms with van der Waals surface area (Å²) in [6.45, 7) is -0.0357. The molecule has 0 atom stereocenters. The van der Waals surface area contributed by atoms with Crippen molar-refractivity contribution in [3.05, 3.63) is 0 Å². The molecule has 3 N–H and O–H groups in total. The molecule has 1 saturated heterocycles. The average Bonchev–Trinajstić information content (AvgIpc) is 1.58. The number of sulfone groups is 1. The normalized spacial score (nSPS) is 27.4. The summed E-state index contributed by atoms with van der Waals surface area (Å²) in [5.74, 6) is 0.0567. The van der Waals surface area contributed by atoms with Crippen LogP contribution in [0.15, 0.2) is 0 Å². The van der Waals surface area contributed by atoms with E-state index in [1.54, 1.807) is 0 Å². The van der Waals surface area contributed by atoms with E-state index in [-0.39, 0.29) is 18.1 Å². The second-order valence-electron chi connectivity index (χ2n) is 2.87. The Bertz CT molecular complexity index is 209. The molecule has 1 fully saturated rings. The highest BCUT2D eigenvalue weighted by molar-refractivity contribution is 7.93. The van der Waals surface area contributed by atoms with E-state index in [4.69, 9.17) is 10.8 Å². The summed E-state index contributed by atoms with van der Waals surface area (Å²) in [5.41, 5.74) is 4.92. The lowest BCUT2D eigenvalue weighted by Crippen LogP contribution is -2.61. The van der Waals surface area contributed by atoms with Crippen LogP contribution in [0.2, 0.25) is 0 Å². The van der Waals surface area contributed by atoms with Gasteiger partial charge in [0, 0.05) is 12.1 Å². The van der Waals surface area contributed by atoms with Crippen molar-refractivity contribution in [2.24, 2.45) is 5.73 Å². The van der Waals surface area contributed by atoms with E-state index in [1.807, 2.05) is 0 Å². The van der Waals surface area contributed by atoms with Crippen molar-refractivity contribution < 1.29 is 13.5 Å². The SMILES string of the molecule is NC1(CCO)CS(=O)(=O)C1. The first kappa shape index (κ1) is 7.97. The molecule has 5 heteroatoms. The maximum absolute atomic E-state index is 10.6. The van der Waals surface area contributed by atoms with Gasteiger partial charge < -0.3 is 10.8 Å². The second kappa shape index (κ2) is 2.18. The fourth-order valence-corrected chi connectivity index (χ4v) is 3.16. The standard InChI is InChI=1S/C5H11NO3S/c6-5(1-2-7)3-10(8,9)4-5/h7H,1-4,6H2. The van der Waals surface area contributed by atoms with Crippen LogP contribution in [0.3, 0.4) is 0 Å². The van der Waals surface area contributed by atoms with E-state index in [1.165, 1.54) is 0 Å². The Hall–Kier alpha value is -0.130. The summed E-state index contributed by atoms with van der Waals surface area (Å²) >= 11 is 0. The number of nitrogens with two attached hydrogens (primary N) is 1. The van der Waals surface area contributed by atoms with Gasteiger partial charge in [-0.3, -0.25) is 0 Å². The van der Waals surface area contributed by atoms with E-state index in [0.717, 1.165) is 0 Å². The molecule has 0 aromatic rings. The molecule has 0 saturated carbocycles. The molecule has 0 bridgehead atoms. The van der Waals surface area contributed by atoms with Crippen LogP contribution in [0.1, 0.15) is 6.42 Å². The number of hydrogen-bond donors (Lipinski definition) is 2. The van der Waals surface area contributed by atoms with Crippen molar-refractivity contribution in [2.75, 3.05) is 18.1 Å². The van der Waals surface area contributed by atoms with Crippen molar-refractivity contribution in [3.63, 3.8) is 0 Å². The lowest BCUT2D eigenvalue weighted by atomic mass is 10.0. The van der Waals surface area contributed by atoms with Crippen molar-refractivity contribution in [1.82, 2.24) is 0 Å². The van der Waals surface area contributed by atoms with Crippen LogP contribution in [0.25, 0.3) is 0 Å². The van der Waals surface area contributed by atoms with Crippen LogP contribution in [0.5, 0.6) is 0 Å². The minimum absolute atomic E-state index is 0.0283. The molecule has 0 aromatic heterocycles. The van der Waals surface area contributed by atoms with Crippen LogP contribution >= 0.6 is 0 Å². The zero-order chi connectivity index (χ0) is 7.83. The van der Waals surface area contributed by atoms with Gasteiger partial charge in [-0.15, -0.1) is 0 Å². The molecule has 0 spiro atoms. The third-order valence-electron chi connectivity index (χ3n) is 1.62. The Morgan fingerprint density at radius 3 is 2.30 bits per heavy atom. The van der Waals surface area contributed by atoms with Gasteiger partial charge in [-0.2, -0.15) is 0 Å². The monoisotopic (exact) mass is 165 g/mol. The largest absolute Gasteiger partial charge is 0.396 e. The van der Waals surface area contributed by atoms with Crippen molar-refractivity contribution >= 4 is 9.84 Å². The maximum atomic E-state index is 10.6. The van der Waals surface area contributed by atoms with Gasteiger partial charge in [0.25, 0.3) is 0 Å². The molecule has 0 unspecified atom stereocenters. The fraction of sp³-hybridized carbons (Fsp3) is 1.00. The van der Waals surface area contributed by atoms with Gasteiger partial charge in [0.05, 0.1) is 11.5 Å². The van der Waals surface area contributed by atoms with Crippen LogP contribution in [-0.4, -0.2) is 37.2 Å². The van der Waals surface area contributed by atoms with Crippen molar-refractivity contribution in [1.29, 1.82) is 0 Å². The van der Waals surface area contributed by atoms with Gasteiger partial charge in [-0.05, 0) is 6.42 Å². The maximum Gasteiger partial charge on any atom is 0.153 e. The first-order chi connectivity index (χ1) is 4.47. The van der Waals surface area contributed by atoms with Gasteiger partial charge in [0.15, 0.2) is 9.84 Å². The van der Waals surface area contributed by atoms with E-state index < -0.39 is 15.4 Å². The van der Waals surface area contributed by atoms with Crippen molar-refractivity contribution in [3.8, 4) is 0 Å². The summed E-state index contributed by atoms with van der Waals surface area (Å²) < 4.78 is 21.2. The van der Waals surface area contributed by atoms with Crippen LogP contribution in [0.4, 0.5) is 0 Å². The van der Waals surface area contributed by atoms with Crippen LogP contribution in [-0.2, 0) is 9.84 Å². The molecule has 1 aliphatic rings. The molecule has 10 heavy (non-hydrogen) atoms. The minimum Gasteiger partial charge on any atom is -0.396 e. The summed E-state index contributed by atoms with van der Waals surface area (Å²) in [6, 6.07) is 0. The number of rotatable bonds is 2. The summed E-state index contributed by atoms with van der Waals surface area (Å²) in [6.07, 6.45) is 0.381. The summed E-state index contributed by atoms with van der Waals surface area (Å²) in [7, 11) is -2.85. The number of aliphatic hydroxyl groups is 1. The van der Waals surface area contributed by atoms with E-state index >= 15 is 0 Å². The molecule has 0 amide bonds. The van der Waals surface area contributed by atoms with Crippen LogP contribution < -0.4 is 5.73 Å². The molecule has 60 valence electrons. The predicted molar refractivity (Wildman–Crippen MR) is 37.3 cm³/mol. The Morgan fingerprint density at radius 1 is 1.50 bits per heavy atom. The molecular formula is C5H11NO3S. The zero-order valence-corrected chi connectivity index (χ0v) is 6.39. The fourth-order valence-electron chi connectivity index (χ4n) is 1.20. The first-order valence-corrected chi connectivity index (χ1v) is 4.90. The molecule has 1 heterocycles. The smallest absolute Gasteiger partial charge is 0.153 e. The Labute approximate surface area is 60.0 Å². The first-order valence-electron chi connectivity index (χ1n) is 3.08. The van der Waals surface area contributed by atoms with E-state index in [9.17, 15) is 8.42 Å². The van der Waals surface area contributed by atoms with Crippen molar-refractivity contribution in [2.45, 2.75) is 12.0 Å². The molecule has 0 radical (unpaired) electrons. The third kappa shape index (κ3) is 1.47. The topological polar surface area (TPSA) is 80.4 Å². The van der Waals surface area contributed by atoms with E-state index in [2.05, 4.69) is 0 Å². The molecule has 4 nitrogen and oxygen atoms in total. The molecule has 1 rings (SSSR count). The molecular weight excluding hydrogens is 154 g/mol. The second-order valence-corrected chi connectivity index (χ2v) is 4.93. The van der Waals surface area contributed by atoms with Gasteiger partial charge in [-0.25, -0.2) is 8.42 Å². The van der Waals surface area contributed by atoms with Gasteiger partial charge >= 0.3 is 0 Å². The average molecular weight is 165 g/mol. The third-order valence-corrected chi connectivity index (χ3v) is 3.65. The Balaban J connectivity index is 2.49. The number of aliphatic hydroxyl groups excluding tert-OH is 1. The highest BCUT2D eigenvalue weighted by atomic mass is 32.2. The lowest BCUT2D eigenvalue weighted by molar-refractivity contribution is 0.249. The minimum atomic E-state index is -2.85. The van der Waals surface area contributed by atoms with Gasteiger partial charge in [0.2, 0.25) is 0 Å². The van der Waals surface area contributed by atoms with E-state index in [0.29, 0.717) is 6.42 Å². The number of hydrogen-bond acceptors (Lipinski definition) is 4. The highest BCUT2D eigenvalue weighted by Crippen LogP contribution is 2.23. The molecule has 1 aliphatic heterocycles. The molecule has 0 aliphatic carbocycles. The lowest BCUT2D eigenvalue weighted by Gasteiger charge is -2.36. The zero-order valence-electron chi connectivity index (χ0n) is 5.58. The van der Waals surface area contributed by atoms with Gasteiger partial charge in [-0.1, -0.05) is 0 Å². The highest BCUT2D eigenvalue weighted by Gasteiger charge is 2.44. The predicted octanol–water partition coefficient (Wildman–Crippen LogP) is -1.51. The summed E-state index contributed by atoms with van der Waals surface area (Å²) in [5, 5.41) is 8.46. The molecule has 0 aromatic carbocycles. The Kier molecular flexibility index (Phi) is 1.74. The van der Waals surface area contributed by atoms with Gasteiger partial charge in [0.1, 0.15) is 0 Å².